The van der Waals surface area contributed by atoms with Crippen LogP contribution in [0.4, 0.5) is 5.82 Å². The summed E-state index contributed by atoms with van der Waals surface area (Å²) in [5.41, 5.74) is 0.999. The third-order valence-corrected chi connectivity index (χ3v) is 3.44. The lowest BCUT2D eigenvalue weighted by atomic mass is 10.2. The lowest BCUT2D eigenvalue weighted by molar-refractivity contribution is -0.122. The maximum absolute atomic E-state index is 11.6. The van der Waals surface area contributed by atoms with Crippen LogP contribution in [0.25, 0.3) is 0 Å². The van der Waals surface area contributed by atoms with Gasteiger partial charge in [-0.3, -0.25) is 4.79 Å². The minimum atomic E-state index is -0.185. The van der Waals surface area contributed by atoms with Crippen LogP contribution in [-0.2, 0) is 16.1 Å². The second-order valence-electron chi connectivity index (χ2n) is 4.85. The highest BCUT2D eigenvalue weighted by molar-refractivity contribution is 5.81. The van der Waals surface area contributed by atoms with Crippen LogP contribution < -0.4 is 15.5 Å². The van der Waals surface area contributed by atoms with E-state index in [1.54, 1.807) is 7.05 Å². The fraction of sp³-hybridized carbons (Fsp3) is 0.571. The number of morpholine rings is 1. The SMILES string of the molecule is CNC(C)C(=O)NCc1ccc(N2CCOCC2)nc1. The maximum Gasteiger partial charge on any atom is 0.237 e. The van der Waals surface area contributed by atoms with Crippen molar-refractivity contribution in [3.63, 3.8) is 0 Å². The molecule has 0 saturated carbocycles. The first-order valence-electron chi connectivity index (χ1n) is 6.93. The summed E-state index contributed by atoms with van der Waals surface area (Å²) < 4.78 is 5.32. The van der Waals surface area contributed by atoms with Gasteiger partial charge in [0.25, 0.3) is 0 Å². The van der Waals surface area contributed by atoms with Gasteiger partial charge < -0.3 is 20.3 Å². The van der Waals surface area contributed by atoms with Crippen molar-refractivity contribution in [3.05, 3.63) is 23.9 Å². The molecular formula is C14H22N4O2. The van der Waals surface area contributed by atoms with Crippen molar-refractivity contribution in [2.75, 3.05) is 38.3 Å². The van der Waals surface area contributed by atoms with Crippen LogP contribution in [0.1, 0.15) is 12.5 Å². The van der Waals surface area contributed by atoms with Crippen molar-refractivity contribution in [1.29, 1.82) is 0 Å². The molecule has 6 heteroatoms. The first kappa shape index (κ1) is 14.7. The van der Waals surface area contributed by atoms with Crippen molar-refractivity contribution in [1.82, 2.24) is 15.6 Å². The molecular weight excluding hydrogens is 256 g/mol. The number of nitrogens with zero attached hydrogens (tertiary/aromatic N) is 2. The second kappa shape index (κ2) is 7.21. The molecule has 1 saturated heterocycles. The third kappa shape index (κ3) is 3.91. The summed E-state index contributed by atoms with van der Waals surface area (Å²) in [5, 5.41) is 5.78. The van der Waals surface area contributed by atoms with Gasteiger partial charge >= 0.3 is 0 Å². The average Bonchev–Trinajstić information content (AvgIpc) is 2.53. The van der Waals surface area contributed by atoms with Crippen LogP contribution in [0.2, 0.25) is 0 Å². The zero-order valence-corrected chi connectivity index (χ0v) is 12.1. The number of carbonyl (C=O) groups is 1. The van der Waals surface area contributed by atoms with Gasteiger partial charge in [-0.1, -0.05) is 6.07 Å². The average molecular weight is 278 g/mol. The van der Waals surface area contributed by atoms with E-state index in [4.69, 9.17) is 4.74 Å². The molecule has 1 aliphatic rings. The largest absolute Gasteiger partial charge is 0.378 e. The molecule has 2 heterocycles. The number of hydrogen-bond donors (Lipinski definition) is 2. The topological polar surface area (TPSA) is 66.5 Å². The second-order valence-corrected chi connectivity index (χ2v) is 4.85. The maximum atomic E-state index is 11.6. The molecule has 0 aromatic carbocycles. The number of pyridine rings is 1. The number of rotatable bonds is 5. The Hall–Kier alpha value is -1.66. The zero-order chi connectivity index (χ0) is 14.4. The van der Waals surface area contributed by atoms with Gasteiger partial charge in [0.05, 0.1) is 19.3 Å². The molecule has 6 nitrogen and oxygen atoms in total. The highest BCUT2D eigenvalue weighted by Crippen LogP contribution is 2.12. The Morgan fingerprint density at radius 3 is 2.80 bits per heavy atom. The minimum Gasteiger partial charge on any atom is -0.378 e. The number of carbonyl (C=O) groups excluding carboxylic acids is 1. The lowest BCUT2D eigenvalue weighted by Gasteiger charge is -2.27. The summed E-state index contributed by atoms with van der Waals surface area (Å²) in [6, 6.07) is 3.81. The quantitative estimate of drug-likeness (QED) is 0.802. The number of aromatic nitrogens is 1. The van der Waals surface area contributed by atoms with E-state index in [1.165, 1.54) is 0 Å². The third-order valence-electron chi connectivity index (χ3n) is 3.44. The first-order chi connectivity index (χ1) is 9.70. The van der Waals surface area contributed by atoms with Gasteiger partial charge in [-0.25, -0.2) is 4.98 Å². The van der Waals surface area contributed by atoms with Gasteiger partial charge in [0.2, 0.25) is 5.91 Å². The fourth-order valence-corrected chi connectivity index (χ4v) is 1.97. The van der Waals surface area contributed by atoms with Crippen molar-refractivity contribution in [2.45, 2.75) is 19.5 Å². The molecule has 0 spiro atoms. The fourth-order valence-electron chi connectivity index (χ4n) is 1.97. The van der Waals surface area contributed by atoms with E-state index in [2.05, 4.69) is 20.5 Å². The number of hydrogen-bond acceptors (Lipinski definition) is 5. The van der Waals surface area contributed by atoms with E-state index in [-0.39, 0.29) is 11.9 Å². The van der Waals surface area contributed by atoms with Gasteiger partial charge in [0, 0.05) is 25.8 Å². The molecule has 1 fully saturated rings. The molecule has 0 radical (unpaired) electrons. The van der Waals surface area contributed by atoms with E-state index in [9.17, 15) is 4.79 Å². The van der Waals surface area contributed by atoms with Crippen LogP contribution in [0.5, 0.6) is 0 Å². The van der Waals surface area contributed by atoms with Gasteiger partial charge in [-0.2, -0.15) is 0 Å². The normalized spacial score (nSPS) is 16.8. The molecule has 1 aliphatic heterocycles. The van der Waals surface area contributed by atoms with E-state index in [0.717, 1.165) is 37.7 Å². The molecule has 1 aromatic rings. The van der Waals surface area contributed by atoms with Crippen molar-refractivity contribution >= 4 is 11.7 Å². The van der Waals surface area contributed by atoms with Crippen LogP contribution >= 0.6 is 0 Å². The molecule has 0 bridgehead atoms. The van der Waals surface area contributed by atoms with Crippen LogP contribution in [0.15, 0.2) is 18.3 Å². The van der Waals surface area contributed by atoms with Gasteiger partial charge in [0.15, 0.2) is 0 Å². The molecule has 2 N–H and O–H groups in total. The molecule has 1 unspecified atom stereocenters. The number of anilines is 1. The summed E-state index contributed by atoms with van der Waals surface area (Å²) in [6.07, 6.45) is 1.81. The van der Waals surface area contributed by atoms with Crippen molar-refractivity contribution < 1.29 is 9.53 Å². The van der Waals surface area contributed by atoms with E-state index >= 15 is 0 Å². The van der Waals surface area contributed by atoms with Gasteiger partial charge in [-0.15, -0.1) is 0 Å². The molecule has 20 heavy (non-hydrogen) atoms. The number of amides is 1. The predicted molar refractivity (Wildman–Crippen MR) is 77.6 cm³/mol. The van der Waals surface area contributed by atoms with E-state index < -0.39 is 0 Å². The summed E-state index contributed by atoms with van der Waals surface area (Å²) in [7, 11) is 1.77. The smallest absolute Gasteiger partial charge is 0.237 e. The molecule has 0 aliphatic carbocycles. The Bertz CT molecular complexity index is 429. The van der Waals surface area contributed by atoms with Gasteiger partial charge in [-0.05, 0) is 25.6 Å². The highest BCUT2D eigenvalue weighted by atomic mass is 16.5. The molecule has 110 valence electrons. The highest BCUT2D eigenvalue weighted by Gasteiger charge is 2.12. The van der Waals surface area contributed by atoms with Crippen LogP contribution in [-0.4, -0.2) is 50.3 Å². The monoisotopic (exact) mass is 278 g/mol. The summed E-state index contributed by atoms with van der Waals surface area (Å²) in [5.74, 6) is 0.955. The Balaban J connectivity index is 1.86. The Labute approximate surface area is 119 Å². The minimum absolute atomic E-state index is 0.00949. The van der Waals surface area contributed by atoms with E-state index in [0.29, 0.717) is 6.54 Å². The van der Waals surface area contributed by atoms with Crippen molar-refractivity contribution in [3.8, 4) is 0 Å². The Kier molecular flexibility index (Phi) is 5.31. The Morgan fingerprint density at radius 2 is 2.20 bits per heavy atom. The summed E-state index contributed by atoms with van der Waals surface area (Å²) >= 11 is 0. The lowest BCUT2D eigenvalue weighted by Crippen LogP contribution is -2.40. The summed E-state index contributed by atoms with van der Waals surface area (Å²) in [6.45, 7) is 5.59. The summed E-state index contributed by atoms with van der Waals surface area (Å²) in [4.78, 5) is 18.3. The molecule has 2 rings (SSSR count). The molecule has 1 aromatic heterocycles. The van der Waals surface area contributed by atoms with Crippen LogP contribution in [0.3, 0.4) is 0 Å². The zero-order valence-electron chi connectivity index (χ0n) is 12.1. The van der Waals surface area contributed by atoms with E-state index in [1.807, 2.05) is 25.3 Å². The predicted octanol–water partition coefficient (Wildman–Crippen LogP) is 0.142. The molecule has 1 amide bonds. The first-order valence-corrected chi connectivity index (χ1v) is 6.93. The number of likely N-dealkylation sites (N-methyl/N-ethyl adjacent to an activating group) is 1. The number of ether oxygens (including phenoxy) is 1. The van der Waals surface area contributed by atoms with Crippen molar-refractivity contribution in [2.24, 2.45) is 0 Å². The number of nitrogens with one attached hydrogen (secondary N) is 2. The molecule has 1 atom stereocenters. The Morgan fingerprint density at radius 1 is 1.45 bits per heavy atom. The standard InChI is InChI=1S/C14H22N4O2/c1-11(15-2)14(19)17-10-12-3-4-13(16-9-12)18-5-7-20-8-6-18/h3-4,9,11,15H,5-8,10H2,1-2H3,(H,17,19). The van der Waals surface area contributed by atoms with Crippen LogP contribution in [0, 0.1) is 0 Å². The van der Waals surface area contributed by atoms with Gasteiger partial charge in [0.1, 0.15) is 5.82 Å².